The van der Waals surface area contributed by atoms with E-state index in [1.54, 1.807) is 0 Å². The van der Waals surface area contributed by atoms with E-state index in [0.29, 0.717) is 12.5 Å². The summed E-state index contributed by atoms with van der Waals surface area (Å²) in [4.78, 5) is 14.1. The first-order chi connectivity index (χ1) is 9.17. The van der Waals surface area contributed by atoms with E-state index in [9.17, 15) is 9.90 Å². The molecule has 0 spiro atoms. The average Bonchev–Trinajstić information content (AvgIpc) is 2.38. The quantitative estimate of drug-likeness (QED) is 0.793. The molecule has 2 N–H and O–H groups in total. The number of nitrogens with zero attached hydrogens (tertiary/aromatic N) is 1. The molecule has 2 rings (SSSR count). The Labute approximate surface area is 127 Å². The number of hydrogen-bond acceptors (Lipinski definition) is 3. The second-order valence-corrected chi connectivity index (χ2v) is 6.23. The maximum Gasteiger partial charge on any atom is 0.238 e. The molecule has 0 radical (unpaired) electrons. The number of rotatable bonds is 4. The van der Waals surface area contributed by atoms with Gasteiger partial charge in [-0.3, -0.25) is 9.69 Å². The van der Waals surface area contributed by atoms with E-state index in [4.69, 9.17) is 0 Å². The largest absolute Gasteiger partial charge is 0.396 e. The summed E-state index contributed by atoms with van der Waals surface area (Å²) in [6.45, 7) is 2.38. The number of halogens is 1. The molecule has 1 amide bonds. The Morgan fingerprint density at radius 3 is 3.11 bits per heavy atom. The molecule has 4 nitrogen and oxygen atoms in total. The zero-order chi connectivity index (χ0) is 13.7. The van der Waals surface area contributed by atoms with Crippen molar-refractivity contribution in [1.29, 1.82) is 0 Å². The second-order valence-electron chi connectivity index (χ2n) is 4.98. The molecule has 19 heavy (non-hydrogen) atoms. The average molecular weight is 374 g/mol. The van der Waals surface area contributed by atoms with Crippen LogP contribution in [0.25, 0.3) is 0 Å². The van der Waals surface area contributed by atoms with Crippen molar-refractivity contribution < 1.29 is 9.90 Å². The summed E-state index contributed by atoms with van der Waals surface area (Å²) in [7, 11) is 0. The third-order valence-electron chi connectivity index (χ3n) is 3.34. The zero-order valence-corrected chi connectivity index (χ0v) is 13.0. The number of anilines is 1. The Morgan fingerprint density at radius 1 is 1.53 bits per heavy atom. The van der Waals surface area contributed by atoms with Crippen molar-refractivity contribution in [1.82, 2.24) is 4.90 Å². The Kier molecular flexibility index (Phi) is 5.59. The highest BCUT2D eigenvalue weighted by molar-refractivity contribution is 14.1. The molecule has 1 aliphatic heterocycles. The number of amides is 1. The third-order valence-corrected chi connectivity index (χ3v) is 4.01. The molecule has 0 aliphatic carbocycles. The normalized spacial score (nSPS) is 20.2. The van der Waals surface area contributed by atoms with Crippen LogP contribution < -0.4 is 5.32 Å². The molecule has 5 heteroatoms. The number of aliphatic hydroxyl groups is 1. The molecule has 0 saturated carbocycles. The first kappa shape index (κ1) is 14.7. The molecule has 1 heterocycles. The van der Waals surface area contributed by atoms with Gasteiger partial charge in [0, 0.05) is 22.4 Å². The standard InChI is InChI=1S/C14H19IN2O2/c15-12-4-1-5-13(7-12)16-14(19)9-17-6-2-3-11(8-17)10-18/h1,4-5,7,11,18H,2-3,6,8-10H2,(H,16,19). The summed E-state index contributed by atoms with van der Waals surface area (Å²) in [5.74, 6) is 0.333. The maximum atomic E-state index is 12.0. The van der Waals surface area contributed by atoms with Gasteiger partial charge in [-0.1, -0.05) is 6.07 Å². The summed E-state index contributed by atoms with van der Waals surface area (Å²) in [5, 5.41) is 12.1. The predicted octanol–water partition coefficient (Wildman–Crippen LogP) is 1.93. The van der Waals surface area contributed by atoms with Crippen molar-refractivity contribution in [2.24, 2.45) is 5.92 Å². The number of carbonyl (C=O) groups excluding carboxylic acids is 1. The van der Waals surface area contributed by atoms with Crippen LogP contribution in [0.3, 0.4) is 0 Å². The molecule has 1 atom stereocenters. The van der Waals surface area contributed by atoms with Crippen LogP contribution in [0.1, 0.15) is 12.8 Å². The third kappa shape index (κ3) is 4.74. The molecule has 1 aromatic rings. The van der Waals surface area contributed by atoms with E-state index >= 15 is 0 Å². The highest BCUT2D eigenvalue weighted by Crippen LogP contribution is 2.16. The Bertz CT molecular complexity index is 439. The number of nitrogens with one attached hydrogen (secondary N) is 1. The molecule has 0 aromatic heterocycles. The van der Waals surface area contributed by atoms with Gasteiger partial charge in [0.15, 0.2) is 0 Å². The number of hydrogen-bond donors (Lipinski definition) is 2. The first-order valence-electron chi connectivity index (χ1n) is 6.56. The van der Waals surface area contributed by atoms with Gasteiger partial charge in [-0.25, -0.2) is 0 Å². The summed E-state index contributed by atoms with van der Waals surface area (Å²) in [5.41, 5.74) is 0.840. The van der Waals surface area contributed by atoms with Gasteiger partial charge in [-0.15, -0.1) is 0 Å². The molecule has 0 bridgehead atoms. The smallest absolute Gasteiger partial charge is 0.238 e. The minimum atomic E-state index is 0.0144. The lowest BCUT2D eigenvalue weighted by Gasteiger charge is -2.31. The van der Waals surface area contributed by atoms with Crippen molar-refractivity contribution in [2.45, 2.75) is 12.8 Å². The van der Waals surface area contributed by atoms with Gasteiger partial charge in [0.2, 0.25) is 5.91 Å². The Balaban J connectivity index is 1.84. The van der Waals surface area contributed by atoms with E-state index in [1.807, 2.05) is 24.3 Å². The molecular weight excluding hydrogens is 355 g/mol. The molecule has 104 valence electrons. The number of carbonyl (C=O) groups is 1. The van der Waals surface area contributed by atoms with E-state index in [2.05, 4.69) is 32.8 Å². The van der Waals surface area contributed by atoms with Crippen LogP contribution in [0.5, 0.6) is 0 Å². The van der Waals surface area contributed by atoms with Crippen LogP contribution in [0.15, 0.2) is 24.3 Å². The predicted molar refractivity (Wildman–Crippen MR) is 84.0 cm³/mol. The fraction of sp³-hybridized carbons (Fsp3) is 0.500. The fourth-order valence-corrected chi connectivity index (χ4v) is 2.96. The minimum absolute atomic E-state index is 0.0144. The van der Waals surface area contributed by atoms with Crippen LogP contribution in [0.4, 0.5) is 5.69 Å². The topological polar surface area (TPSA) is 52.6 Å². The number of likely N-dealkylation sites (tertiary alicyclic amines) is 1. The van der Waals surface area contributed by atoms with Gasteiger partial charge in [-0.2, -0.15) is 0 Å². The summed E-state index contributed by atoms with van der Waals surface area (Å²) >= 11 is 2.23. The Morgan fingerprint density at radius 2 is 2.37 bits per heavy atom. The van der Waals surface area contributed by atoms with Crippen LogP contribution in [0, 0.1) is 9.49 Å². The fourth-order valence-electron chi connectivity index (χ4n) is 2.41. The van der Waals surface area contributed by atoms with Gasteiger partial charge < -0.3 is 10.4 Å². The van der Waals surface area contributed by atoms with Crippen molar-refractivity contribution in [3.05, 3.63) is 27.8 Å². The number of piperidine rings is 1. The second kappa shape index (κ2) is 7.21. The van der Waals surface area contributed by atoms with Gasteiger partial charge in [0.1, 0.15) is 0 Å². The molecular formula is C14H19IN2O2. The summed E-state index contributed by atoms with van der Waals surface area (Å²) < 4.78 is 1.11. The monoisotopic (exact) mass is 374 g/mol. The molecule has 1 fully saturated rings. The lowest BCUT2D eigenvalue weighted by Crippen LogP contribution is -2.41. The highest BCUT2D eigenvalue weighted by Gasteiger charge is 2.20. The van der Waals surface area contributed by atoms with Crippen LogP contribution in [-0.2, 0) is 4.79 Å². The molecule has 1 aromatic carbocycles. The van der Waals surface area contributed by atoms with Crippen molar-refractivity contribution in [2.75, 3.05) is 31.6 Å². The van der Waals surface area contributed by atoms with Crippen molar-refractivity contribution in [3.63, 3.8) is 0 Å². The molecule has 1 saturated heterocycles. The Hall–Kier alpha value is -0.660. The summed E-state index contributed by atoms with van der Waals surface area (Å²) in [6.07, 6.45) is 2.12. The van der Waals surface area contributed by atoms with Crippen molar-refractivity contribution >= 4 is 34.2 Å². The van der Waals surface area contributed by atoms with E-state index in [0.717, 1.165) is 35.2 Å². The van der Waals surface area contributed by atoms with Crippen molar-refractivity contribution in [3.8, 4) is 0 Å². The van der Waals surface area contributed by atoms with Gasteiger partial charge in [0.05, 0.1) is 6.54 Å². The molecule has 1 unspecified atom stereocenters. The zero-order valence-electron chi connectivity index (χ0n) is 10.8. The van der Waals surface area contributed by atoms with Gasteiger partial charge in [-0.05, 0) is 66.1 Å². The van der Waals surface area contributed by atoms with Gasteiger partial charge in [0.25, 0.3) is 0 Å². The van der Waals surface area contributed by atoms with E-state index in [-0.39, 0.29) is 12.5 Å². The SMILES string of the molecule is O=C(CN1CCCC(CO)C1)Nc1cccc(I)c1. The lowest BCUT2D eigenvalue weighted by atomic mass is 9.99. The number of aliphatic hydroxyl groups excluding tert-OH is 1. The van der Waals surface area contributed by atoms with Crippen LogP contribution >= 0.6 is 22.6 Å². The number of benzene rings is 1. The summed E-state index contributed by atoms with van der Waals surface area (Å²) in [6, 6.07) is 7.77. The highest BCUT2D eigenvalue weighted by atomic mass is 127. The maximum absolute atomic E-state index is 12.0. The van der Waals surface area contributed by atoms with Crippen LogP contribution in [-0.4, -0.2) is 42.2 Å². The first-order valence-corrected chi connectivity index (χ1v) is 7.64. The van der Waals surface area contributed by atoms with E-state index < -0.39 is 0 Å². The van der Waals surface area contributed by atoms with Crippen LogP contribution in [0.2, 0.25) is 0 Å². The lowest BCUT2D eigenvalue weighted by molar-refractivity contribution is -0.117. The minimum Gasteiger partial charge on any atom is -0.396 e. The van der Waals surface area contributed by atoms with Gasteiger partial charge >= 0.3 is 0 Å². The van der Waals surface area contributed by atoms with E-state index in [1.165, 1.54) is 0 Å². The molecule has 1 aliphatic rings.